The normalized spacial score (nSPS) is 15.9. The summed E-state index contributed by atoms with van der Waals surface area (Å²) in [6.45, 7) is 5.19. The van der Waals surface area contributed by atoms with Crippen LogP contribution in [0.1, 0.15) is 35.3 Å². The van der Waals surface area contributed by atoms with E-state index in [4.69, 9.17) is 0 Å². The lowest BCUT2D eigenvalue weighted by molar-refractivity contribution is 0.0664. The first kappa shape index (κ1) is 19.9. The smallest absolute Gasteiger partial charge is 0.319 e. The van der Waals surface area contributed by atoms with E-state index in [1.165, 1.54) is 0 Å². The molecule has 150 valence electrons. The van der Waals surface area contributed by atoms with Crippen molar-refractivity contribution < 1.29 is 9.59 Å². The number of aromatic nitrogens is 2. The molecule has 2 aromatic rings. The number of anilines is 1. The third-order valence-electron chi connectivity index (χ3n) is 5.00. The van der Waals surface area contributed by atoms with Crippen molar-refractivity contribution in [3.63, 3.8) is 0 Å². The Bertz CT molecular complexity index is 826. The highest BCUT2D eigenvalue weighted by Crippen LogP contribution is 2.17. The summed E-state index contributed by atoms with van der Waals surface area (Å²) >= 11 is 0. The van der Waals surface area contributed by atoms with E-state index in [0.29, 0.717) is 11.3 Å². The predicted molar refractivity (Wildman–Crippen MR) is 108 cm³/mol. The molecule has 1 aromatic heterocycles. The van der Waals surface area contributed by atoms with E-state index in [0.717, 1.165) is 38.2 Å². The van der Waals surface area contributed by atoms with Gasteiger partial charge in [0.15, 0.2) is 0 Å². The maximum atomic E-state index is 12.7. The van der Waals surface area contributed by atoms with Crippen LogP contribution in [0.4, 0.5) is 10.5 Å². The van der Waals surface area contributed by atoms with E-state index in [1.807, 2.05) is 25.1 Å². The lowest BCUT2D eigenvalue weighted by atomic mass is 10.1. The third-order valence-corrected chi connectivity index (χ3v) is 5.00. The Morgan fingerprint density at radius 2 is 1.93 bits per heavy atom. The summed E-state index contributed by atoms with van der Waals surface area (Å²) < 4.78 is 1.71. The molecule has 2 heterocycles. The Labute approximate surface area is 165 Å². The number of hydrogen-bond donors (Lipinski definition) is 2. The predicted octanol–water partition coefficient (Wildman–Crippen LogP) is 2.08. The Morgan fingerprint density at radius 1 is 1.18 bits per heavy atom. The van der Waals surface area contributed by atoms with Crippen molar-refractivity contribution >= 4 is 17.6 Å². The minimum atomic E-state index is -0.306. The molecule has 1 aromatic carbocycles. The van der Waals surface area contributed by atoms with Crippen molar-refractivity contribution in [1.29, 1.82) is 0 Å². The third kappa shape index (κ3) is 4.89. The molecular formula is C20H28N6O2. The summed E-state index contributed by atoms with van der Waals surface area (Å²) in [4.78, 5) is 29.2. The van der Waals surface area contributed by atoms with Gasteiger partial charge in [-0.25, -0.2) is 4.79 Å². The van der Waals surface area contributed by atoms with Gasteiger partial charge in [0.1, 0.15) is 0 Å². The van der Waals surface area contributed by atoms with E-state index in [2.05, 4.69) is 27.7 Å². The number of likely N-dealkylation sites (N-methyl/N-ethyl adjacent to an activating group) is 1. The number of carbonyl (C=O) groups is 2. The SMILES string of the molecule is CC[C@H](NC(=O)Nc1cccc(C(=O)N2CCN(C)CC2)c1)c1cnn(C)c1. The first-order chi connectivity index (χ1) is 13.5. The van der Waals surface area contributed by atoms with Crippen LogP contribution >= 0.6 is 0 Å². The molecule has 0 radical (unpaired) electrons. The average molecular weight is 384 g/mol. The van der Waals surface area contributed by atoms with Crippen LogP contribution in [-0.4, -0.2) is 64.7 Å². The van der Waals surface area contributed by atoms with Gasteiger partial charge in [-0.15, -0.1) is 0 Å². The number of amides is 3. The minimum absolute atomic E-state index is 0.000970. The monoisotopic (exact) mass is 384 g/mol. The molecule has 0 aliphatic carbocycles. The summed E-state index contributed by atoms with van der Waals surface area (Å²) in [5.74, 6) is -0.000970. The van der Waals surface area contributed by atoms with Crippen LogP contribution in [0, 0.1) is 0 Å². The van der Waals surface area contributed by atoms with E-state index in [1.54, 1.807) is 35.1 Å². The van der Waals surface area contributed by atoms with Gasteiger partial charge in [-0.1, -0.05) is 13.0 Å². The molecule has 28 heavy (non-hydrogen) atoms. The molecule has 1 aliphatic rings. The lowest BCUT2D eigenvalue weighted by Gasteiger charge is -2.32. The van der Waals surface area contributed by atoms with Crippen LogP contribution < -0.4 is 10.6 Å². The van der Waals surface area contributed by atoms with Gasteiger partial charge in [0, 0.05) is 56.2 Å². The number of nitrogens with one attached hydrogen (secondary N) is 2. The first-order valence-corrected chi connectivity index (χ1v) is 9.60. The lowest BCUT2D eigenvalue weighted by Crippen LogP contribution is -2.47. The minimum Gasteiger partial charge on any atom is -0.336 e. The Balaban J connectivity index is 1.62. The topological polar surface area (TPSA) is 82.5 Å². The van der Waals surface area contributed by atoms with E-state index in [9.17, 15) is 9.59 Å². The zero-order valence-corrected chi connectivity index (χ0v) is 16.7. The molecule has 1 aliphatic heterocycles. The van der Waals surface area contributed by atoms with E-state index in [-0.39, 0.29) is 18.0 Å². The number of nitrogens with zero attached hydrogens (tertiary/aromatic N) is 4. The highest BCUT2D eigenvalue weighted by atomic mass is 16.2. The summed E-state index contributed by atoms with van der Waals surface area (Å²) in [6, 6.07) is 6.66. The molecule has 1 saturated heterocycles. The number of rotatable bonds is 5. The fraction of sp³-hybridized carbons (Fsp3) is 0.450. The number of urea groups is 1. The highest BCUT2D eigenvalue weighted by molar-refractivity contribution is 5.97. The second-order valence-electron chi connectivity index (χ2n) is 7.18. The number of carbonyl (C=O) groups excluding carboxylic acids is 2. The van der Waals surface area contributed by atoms with Crippen molar-refractivity contribution in [2.75, 3.05) is 38.5 Å². The Morgan fingerprint density at radius 3 is 2.57 bits per heavy atom. The van der Waals surface area contributed by atoms with Crippen LogP contribution in [0.3, 0.4) is 0 Å². The average Bonchev–Trinajstić information content (AvgIpc) is 3.12. The maximum absolute atomic E-state index is 12.7. The molecule has 0 unspecified atom stereocenters. The molecule has 1 fully saturated rings. The number of aryl methyl sites for hydroxylation is 1. The molecule has 3 amide bonds. The quantitative estimate of drug-likeness (QED) is 0.827. The molecule has 8 heteroatoms. The molecule has 0 bridgehead atoms. The van der Waals surface area contributed by atoms with Crippen LogP contribution in [0.25, 0.3) is 0 Å². The molecular weight excluding hydrogens is 356 g/mol. The van der Waals surface area contributed by atoms with Gasteiger partial charge in [0.05, 0.1) is 12.2 Å². The van der Waals surface area contributed by atoms with Gasteiger partial charge in [-0.2, -0.15) is 5.10 Å². The molecule has 0 spiro atoms. The van der Waals surface area contributed by atoms with Crippen molar-refractivity contribution in [1.82, 2.24) is 24.9 Å². The van der Waals surface area contributed by atoms with Gasteiger partial charge >= 0.3 is 6.03 Å². The summed E-state index contributed by atoms with van der Waals surface area (Å²) in [5, 5.41) is 9.95. The van der Waals surface area contributed by atoms with Gasteiger partial charge in [-0.3, -0.25) is 9.48 Å². The molecule has 8 nitrogen and oxygen atoms in total. The zero-order chi connectivity index (χ0) is 20.1. The van der Waals surface area contributed by atoms with Gasteiger partial charge < -0.3 is 20.4 Å². The van der Waals surface area contributed by atoms with E-state index < -0.39 is 0 Å². The Kier molecular flexibility index (Phi) is 6.30. The summed E-state index contributed by atoms with van der Waals surface area (Å²) in [7, 11) is 3.90. The fourth-order valence-electron chi connectivity index (χ4n) is 3.29. The van der Waals surface area contributed by atoms with Crippen molar-refractivity contribution in [2.45, 2.75) is 19.4 Å². The van der Waals surface area contributed by atoms with Gasteiger partial charge in [-0.05, 0) is 31.7 Å². The van der Waals surface area contributed by atoms with Gasteiger partial charge in [0.25, 0.3) is 5.91 Å². The number of benzene rings is 1. The van der Waals surface area contributed by atoms with Crippen molar-refractivity contribution in [3.8, 4) is 0 Å². The number of piperazine rings is 1. The van der Waals surface area contributed by atoms with E-state index >= 15 is 0 Å². The second kappa shape index (κ2) is 8.88. The van der Waals surface area contributed by atoms with Gasteiger partial charge in [0.2, 0.25) is 0 Å². The summed E-state index contributed by atoms with van der Waals surface area (Å²) in [6.07, 6.45) is 4.40. The van der Waals surface area contributed by atoms with Crippen molar-refractivity contribution in [3.05, 3.63) is 47.8 Å². The second-order valence-corrected chi connectivity index (χ2v) is 7.18. The molecule has 1 atom stereocenters. The Hall–Kier alpha value is -2.87. The largest absolute Gasteiger partial charge is 0.336 e. The zero-order valence-electron chi connectivity index (χ0n) is 16.7. The number of hydrogen-bond acceptors (Lipinski definition) is 4. The highest BCUT2D eigenvalue weighted by Gasteiger charge is 2.21. The summed E-state index contributed by atoms with van der Waals surface area (Å²) in [5.41, 5.74) is 2.14. The van der Waals surface area contributed by atoms with Crippen LogP contribution in [0.2, 0.25) is 0 Å². The fourth-order valence-corrected chi connectivity index (χ4v) is 3.29. The molecule has 2 N–H and O–H groups in total. The maximum Gasteiger partial charge on any atom is 0.319 e. The van der Waals surface area contributed by atoms with Crippen molar-refractivity contribution in [2.24, 2.45) is 7.05 Å². The van der Waals surface area contributed by atoms with Crippen LogP contribution in [-0.2, 0) is 7.05 Å². The first-order valence-electron chi connectivity index (χ1n) is 9.60. The molecule has 0 saturated carbocycles. The van der Waals surface area contributed by atoms with Crippen LogP contribution in [0.15, 0.2) is 36.7 Å². The molecule has 3 rings (SSSR count). The van der Waals surface area contributed by atoms with Crippen LogP contribution in [0.5, 0.6) is 0 Å². The standard InChI is InChI=1S/C20H28N6O2/c1-4-18(16-13-21-25(3)14-16)23-20(28)22-17-7-5-6-15(12-17)19(27)26-10-8-24(2)9-11-26/h5-7,12-14,18H,4,8-11H2,1-3H3,(H2,22,23,28)/t18-/m0/s1.